The fourth-order valence-corrected chi connectivity index (χ4v) is 3.50. The summed E-state index contributed by atoms with van der Waals surface area (Å²) in [6.07, 6.45) is 2.41. The van der Waals surface area contributed by atoms with Crippen molar-refractivity contribution in [1.82, 2.24) is 0 Å². The number of benzene rings is 2. The highest BCUT2D eigenvalue weighted by atomic mass is 79.9. The van der Waals surface area contributed by atoms with Gasteiger partial charge in [0, 0.05) is 36.0 Å². The highest BCUT2D eigenvalue weighted by molar-refractivity contribution is 9.10. The van der Waals surface area contributed by atoms with Crippen molar-refractivity contribution in [3.63, 3.8) is 0 Å². The number of halogens is 1. The molecular formula is C18H21BrN2. The zero-order valence-corrected chi connectivity index (χ0v) is 14.1. The summed E-state index contributed by atoms with van der Waals surface area (Å²) in [7, 11) is 4.13. The van der Waals surface area contributed by atoms with E-state index in [-0.39, 0.29) is 0 Å². The van der Waals surface area contributed by atoms with E-state index in [9.17, 15) is 0 Å². The monoisotopic (exact) mass is 344 g/mol. The number of hydrogen-bond donors (Lipinski definition) is 1. The predicted octanol–water partition coefficient (Wildman–Crippen LogP) is 4.87. The van der Waals surface area contributed by atoms with Crippen LogP contribution in [0.15, 0.2) is 53.0 Å². The van der Waals surface area contributed by atoms with E-state index in [2.05, 4.69) is 88.8 Å². The molecule has 0 amide bonds. The Morgan fingerprint density at radius 3 is 2.29 bits per heavy atom. The van der Waals surface area contributed by atoms with E-state index in [0.29, 0.717) is 12.0 Å². The Bertz CT molecular complexity index is 601. The average Bonchev–Trinajstić information content (AvgIpc) is 2.44. The fraction of sp³-hybridized carbons (Fsp3) is 0.333. The third-order valence-corrected chi connectivity index (χ3v) is 4.96. The topological polar surface area (TPSA) is 15.3 Å². The van der Waals surface area contributed by atoms with Crippen molar-refractivity contribution in [2.24, 2.45) is 0 Å². The summed E-state index contributed by atoms with van der Waals surface area (Å²) in [5, 5.41) is 3.63. The quantitative estimate of drug-likeness (QED) is 0.850. The molecule has 1 saturated carbocycles. The van der Waals surface area contributed by atoms with Gasteiger partial charge in [0.15, 0.2) is 0 Å². The van der Waals surface area contributed by atoms with Crippen molar-refractivity contribution in [2.75, 3.05) is 24.3 Å². The van der Waals surface area contributed by atoms with Crippen molar-refractivity contribution in [1.29, 1.82) is 0 Å². The van der Waals surface area contributed by atoms with Gasteiger partial charge in [-0.2, -0.15) is 0 Å². The minimum Gasteiger partial charge on any atom is -0.382 e. The first-order chi connectivity index (χ1) is 10.1. The van der Waals surface area contributed by atoms with E-state index < -0.39 is 0 Å². The van der Waals surface area contributed by atoms with Crippen LogP contribution < -0.4 is 10.2 Å². The number of rotatable bonds is 4. The Hall–Kier alpha value is -1.48. The smallest absolute Gasteiger partial charge is 0.0362 e. The van der Waals surface area contributed by atoms with E-state index in [0.717, 1.165) is 0 Å². The standard InChI is InChI=1S/C18H21BrN2/c1-21(2)16-9-7-14(8-10-16)20-15-11-13(12-15)17-5-3-4-6-18(17)19/h3-10,13,15,20H,11-12H2,1-2H3. The lowest BCUT2D eigenvalue weighted by Crippen LogP contribution is -2.34. The van der Waals surface area contributed by atoms with E-state index in [1.54, 1.807) is 0 Å². The maximum absolute atomic E-state index is 3.65. The second kappa shape index (κ2) is 6.10. The minimum atomic E-state index is 0.590. The van der Waals surface area contributed by atoms with Crippen LogP contribution in [0.3, 0.4) is 0 Å². The third kappa shape index (κ3) is 3.24. The van der Waals surface area contributed by atoms with Crippen molar-refractivity contribution in [2.45, 2.75) is 24.8 Å². The van der Waals surface area contributed by atoms with Crippen LogP contribution in [0.1, 0.15) is 24.3 Å². The van der Waals surface area contributed by atoms with Crippen LogP contribution in [0, 0.1) is 0 Å². The first-order valence-corrected chi connectivity index (χ1v) is 8.21. The first kappa shape index (κ1) is 14.5. The fourth-order valence-electron chi connectivity index (χ4n) is 2.89. The van der Waals surface area contributed by atoms with Gasteiger partial charge in [0.1, 0.15) is 0 Å². The molecule has 21 heavy (non-hydrogen) atoms. The maximum Gasteiger partial charge on any atom is 0.0362 e. The van der Waals surface area contributed by atoms with Crippen LogP contribution in [0.2, 0.25) is 0 Å². The van der Waals surface area contributed by atoms with Crippen LogP contribution in [0.25, 0.3) is 0 Å². The van der Waals surface area contributed by atoms with E-state index >= 15 is 0 Å². The van der Waals surface area contributed by atoms with Gasteiger partial charge in [-0.1, -0.05) is 34.1 Å². The average molecular weight is 345 g/mol. The van der Waals surface area contributed by atoms with Crippen molar-refractivity contribution in [3.05, 3.63) is 58.6 Å². The van der Waals surface area contributed by atoms with Gasteiger partial charge < -0.3 is 10.2 Å². The molecule has 0 bridgehead atoms. The number of nitrogens with zero attached hydrogens (tertiary/aromatic N) is 1. The maximum atomic E-state index is 3.65. The molecule has 0 saturated heterocycles. The summed E-state index contributed by atoms with van der Waals surface area (Å²) in [5.41, 5.74) is 3.90. The summed E-state index contributed by atoms with van der Waals surface area (Å²) in [6, 6.07) is 17.8. The van der Waals surface area contributed by atoms with Gasteiger partial charge in [-0.05, 0) is 54.7 Å². The molecule has 2 nitrogen and oxygen atoms in total. The Kier molecular flexibility index (Phi) is 4.20. The predicted molar refractivity (Wildman–Crippen MR) is 94.3 cm³/mol. The molecule has 1 N–H and O–H groups in total. The Morgan fingerprint density at radius 2 is 1.67 bits per heavy atom. The van der Waals surface area contributed by atoms with E-state index in [1.165, 1.54) is 34.3 Å². The van der Waals surface area contributed by atoms with Gasteiger partial charge in [0.2, 0.25) is 0 Å². The summed E-state index contributed by atoms with van der Waals surface area (Å²) >= 11 is 3.65. The Balaban J connectivity index is 1.56. The molecule has 1 aliphatic rings. The zero-order valence-electron chi connectivity index (χ0n) is 12.5. The molecule has 2 aromatic carbocycles. The molecule has 0 radical (unpaired) electrons. The minimum absolute atomic E-state index is 0.590. The molecule has 1 aliphatic carbocycles. The van der Waals surface area contributed by atoms with Gasteiger partial charge in [0.25, 0.3) is 0 Å². The Morgan fingerprint density at radius 1 is 1.00 bits per heavy atom. The molecule has 1 fully saturated rings. The van der Waals surface area contributed by atoms with Crippen LogP contribution >= 0.6 is 15.9 Å². The number of hydrogen-bond acceptors (Lipinski definition) is 2. The normalized spacial score (nSPS) is 20.7. The zero-order chi connectivity index (χ0) is 14.8. The molecular weight excluding hydrogens is 324 g/mol. The highest BCUT2D eigenvalue weighted by Gasteiger charge is 2.31. The van der Waals surface area contributed by atoms with E-state index in [1.807, 2.05) is 0 Å². The summed E-state index contributed by atoms with van der Waals surface area (Å²) in [4.78, 5) is 2.12. The summed E-state index contributed by atoms with van der Waals surface area (Å²) in [6.45, 7) is 0. The Labute approximate surface area is 135 Å². The summed E-state index contributed by atoms with van der Waals surface area (Å²) < 4.78 is 1.24. The third-order valence-electron chi connectivity index (χ3n) is 4.24. The van der Waals surface area contributed by atoms with Crippen LogP contribution in [-0.4, -0.2) is 20.1 Å². The first-order valence-electron chi connectivity index (χ1n) is 7.42. The molecule has 0 aliphatic heterocycles. The van der Waals surface area contributed by atoms with Gasteiger partial charge in [0.05, 0.1) is 0 Å². The SMILES string of the molecule is CN(C)c1ccc(NC2CC(c3ccccc3Br)C2)cc1. The molecule has 2 aromatic rings. The number of nitrogens with one attached hydrogen (secondary N) is 1. The molecule has 0 aromatic heterocycles. The van der Waals surface area contributed by atoms with Crippen molar-refractivity contribution in [3.8, 4) is 0 Å². The lowest BCUT2D eigenvalue weighted by atomic mass is 9.76. The van der Waals surface area contributed by atoms with E-state index in [4.69, 9.17) is 0 Å². The molecule has 3 rings (SSSR count). The van der Waals surface area contributed by atoms with Crippen LogP contribution in [0.5, 0.6) is 0 Å². The van der Waals surface area contributed by atoms with Crippen LogP contribution in [-0.2, 0) is 0 Å². The van der Waals surface area contributed by atoms with Crippen molar-refractivity contribution < 1.29 is 0 Å². The molecule has 0 spiro atoms. The second-order valence-corrected chi connectivity index (χ2v) is 6.83. The van der Waals surface area contributed by atoms with Gasteiger partial charge in [-0.15, -0.1) is 0 Å². The largest absolute Gasteiger partial charge is 0.382 e. The lowest BCUT2D eigenvalue weighted by Gasteiger charge is -2.37. The lowest BCUT2D eigenvalue weighted by molar-refractivity contribution is 0.373. The molecule has 3 heteroatoms. The summed E-state index contributed by atoms with van der Waals surface area (Å²) in [5.74, 6) is 0.680. The van der Waals surface area contributed by atoms with Gasteiger partial charge >= 0.3 is 0 Å². The van der Waals surface area contributed by atoms with Gasteiger partial charge in [-0.3, -0.25) is 0 Å². The van der Waals surface area contributed by atoms with Crippen LogP contribution in [0.4, 0.5) is 11.4 Å². The highest BCUT2D eigenvalue weighted by Crippen LogP contribution is 2.41. The van der Waals surface area contributed by atoms with Crippen molar-refractivity contribution >= 4 is 27.3 Å². The molecule has 0 unspecified atom stereocenters. The number of anilines is 2. The molecule has 110 valence electrons. The second-order valence-electron chi connectivity index (χ2n) is 5.97. The van der Waals surface area contributed by atoms with Gasteiger partial charge in [-0.25, -0.2) is 0 Å². The molecule has 0 atom stereocenters. The molecule has 0 heterocycles.